The molecular formula is C32H45N7O2S. The largest absolute Gasteiger partial charge is 0.351 e. The number of carbonyl (C=O) groups is 2. The van der Waals surface area contributed by atoms with E-state index in [4.69, 9.17) is 4.98 Å². The van der Waals surface area contributed by atoms with Gasteiger partial charge in [-0.25, -0.2) is 9.98 Å². The summed E-state index contributed by atoms with van der Waals surface area (Å²) in [7, 11) is 1.76. The van der Waals surface area contributed by atoms with Crippen molar-refractivity contribution in [1.82, 2.24) is 25.1 Å². The monoisotopic (exact) mass is 591 g/mol. The molecule has 3 heterocycles. The maximum atomic E-state index is 13.3. The van der Waals surface area contributed by atoms with Crippen molar-refractivity contribution in [3.63, 3.8) is 0 Å². The molecule has 1 aliphatic heterocycles. The van der Waals surface area contributed by atoms with Gasteiger partial charge in [0.1, 0.15) is 11.9 Å². The fourth-order valence-corrected chi connectivity index (χ4v) is 6.32. The summed E-state index contributed by atoms with van der Waals surface area (Å²) < 4.78 is 2.34. The molecule has 226 valence electrons. The number of thiophene rings is 1. The number of nitrogens with one attached hydrogen (secondary N) is 2. The molecule has 0 aliphatic carbocycles. The summed E-state index contributed by atoms with van der Waals surface area (Å²) in [5.41, 5.74) is 2.36. The van der Waals surface area contributed by atoms with Gasteiger partial charge in [0.2, 0.25) is 11.9 Å². The summed E-state index contributed by atoms with van der Waals surface area (Å²) in [5.74, 6) is 1.35. The van der Waals surface area contributed by atoms with Crippen LogP contribution in [-0.4, -0.2) is 70.7 Å². The van der Waals surface area contributed by atoms with Crippen molar-refractivity contribution in [3.8, 4) is 0 Å². The molecule has 0 spiro atoms. The molecule has 10 heteroatoms. The Balaban J connectivity index is 1.42. The molecule has 2 N–H and O–H groups in total. The minimum atomic E-state index is -0.607. The van der Waals surface area contributed by atoms with Gasteiger partial charge in [0.25, 0.3) is 5.91 Å². The van der Waals surface area contributed by atoms with E-state index in [2.05, 4.69) is 61.4 Å². The van der Waals surface area contributed by atoms with Gasteiger partial charge in [-0.05, 0) is 68.2 Å². The molecule has 0 unspecified atom stereocenters. The zero-order valence-corrected chi connectivity index (χ0v) is 26.4. The first-order chi connectivity index (χ1) is 20.4. The third-order valence-electron chi connectivity index (χ3n) is 7.99. The second-order valence-electron chi connectivity index (χ2n) is 10.8. The molecule has 1 aromatic carbocycles. The Labute approximate surface area is 253 Å². The van der Waals surface area contributed by atoms with Crippen LogP contribution in [0.25, 0.3) is 11.0 Å². The number of hydrogen-bond acceptors (Lipinski definition) is 5. The van der Waals surface area contributed by atoms with Crippen LogP contribution in [0.3, 0.4) is 0 Å². The molecule has 0 saturated carbocycles. The summed E-state index contributed by atoms with van der Waals surface area (Å²) in [6.07, 6.45) is 7.63. The molecule has 9 nitrogen and oxygen atoms in total. The second kappa shape index (κ2) is 15.1. The Kier molecular flexibility index (Phi) is 11.3. The normalized spacial score (nSPS) is 15.6. The molecule has 1 fully saturated rings. The van der Waals surface area contributed by atoms with Crippen molar-refractivity contribution in [2.45, 2.75) is 90.8 Å². The van der Waals surface area contributed by atoms with Crippen molar-refractivity contribution in [2.75, 3.05) is 20.1 Å². The minimum absolute atomic E-state index is 0.0557. The number of rotatable bonds is 11. The Morgan fingerprint density at radius 1 is 1.12 bits per heavy atom. The summed E-state index contributed by atoms with van der Waals surface area (Å²) in [6.45, 7) is 9.93. The SMILES string of the molecule is CC/C=N\C(=NC)N1CCC(NC(=O)[C@H](CC)NC(=O)c2ccc3c(c2)nc(Cc2cccs2)n3C(CC)CC)CC1. The van der Waals surface area contributed by atoms with Gasteiger partial charge in [0, 0.05) is 55.3 Å². The molecule has 1 aliphatic rings. The molecule has 1 saturated heterocycles. The van der Waals surface area contributed by atoms with Crippen LogP contribution in [0.15, 0.2) is 45.7 Å². The fraction of sp³-hybridized carbons (Fsp3) is 0.531. The highest BCUT2D eigenvalue weighted by atomic mass is 32.1. The predicted molar refractivity (Wildman–Crippen MR) is 173 cm³/mol. The molecule has 2 aromatic heterocycles. The van der Waals surface area contributed by atoms with Crippen LogP contribution in [0.1, 0.15) is 93.3 Å². The summed E-state index contributed by atoms with van der Waals surface area (Å²) in [5, 5.41) is 8.22. The van der Waals surface area contributed by atoms with Crippen LogP contribution in [0.4, 0.5) is 0 Å². The average molecular weight is 592 g/mol. The lowest BCUT2D eigenvalue weighted by molar-refractivity contribution is -0.124. The number of guanidine groups is 1. The number of piperidine rings is 1. The third-order valence-corrected chi connectivity index (χ3v) is 8.86. The maximum absolute atomic E-state index is 13.3. The average Bonchev–Trinajstić information content (AvgIpc) is 3.65. The minimum Gasteiger partial charge on any atom is -0.351 e. The van der Waals surface area contributed by atoms with Crippen molar-refractivity contribution >= 4 is 46.4 Å². The van der Waals surface area contributed by atoms with Crippen LogP contribution in [0, 0.1) is 0 Å². The predicted octanol–water partition coefficient (Wildman–Crippen LogP) is 5.61. The molecule has 4 rings (SSSR count). The van der Waals surface area contributed by atoms with Crippen LogP contribution in [-0.2, 0) is 11.2 Å². The van der Waals surface area contributed by atoms with E-state index in [1.54, 1.807) is 18.4 Å². The van der Waals surface area contributed by atoms with E-state index in [1.807, 2.05) is 38.3 Å². The standard InChI is InChI=1S/C32H45N7O2S/c1-6-16-34-32(33-5)38-17-14-23(15-18-38)35-31(41)26(9-4)37-30(40)22-12-13-28-27(20-22)36-29(21-25-11-10-19-42-25)39(28)24(7-2)8-3/h10-13,16,19-20,23-24,26H,6-9,14-15,17-18,21H2,1-5H3,(H,35,41)(H,37,40)/b33-32?,34-16-/t26-/m0/s1. The van der Waals surface area contributed by atoms with E-state index in [9.17, 15) is 9.59 Å². The van der Waals surface area contributed by atoms with Crippen LogP contribution >= 0.6 is 11.3 Å². The molecule has 0 radical (unpaired) electrons. The Hall–Kier alpha value is -3.53. The molecule has 0 bridgehead atoms. The van der Waals surface area contributed by atoms with Crippen molar-refractivity contribution in [3.05, 3.63) is 52.0 Å². The smallest absolute Gasteiger partial charge is 0.252 e. The van der Waals surface area contributed by atoms with Gasteiger partial charge in [0.05, 0.1) is 11.0 Å². The number of nitrogens with zero attached hydrogens (tertiary/aromatic N) is 5. The van der Waals surface area contributed by atoms with Crippen LogP contribution < -0.4 is 10.6 Å². The summed E-state index contributed by atoms with van der Waals surface area (Å²) in [4.78, 5) is 43.7. The van der Waals surface area contributed by atoms with Gasteiger partial charge >= 0.3 is 0 Å². The van der Waals surface area contributed by atoms with Gasteiger partial charge in [-0.1, -0.05) is 33.8 Å². The lowest BCUT2D eigenvalue weighted by Crippen LogP contribution is -2.52. The number of hydrogen-bond donors (Lipinski definition) is 2. The highest BCUT2D eigenvalue weighted by Crippen LogP contribution is 2.28. The molecule has 2 amide bonds. The molecular weight excluding hydrogens is 546 g/mol. The van der Waals surface area contributed by atoms with E-state index in [0.717, 1.165) is 74.4 Å². The highest BCUT2D eigenvalue weighted by Gasteiger charge is 2.27. The molecule has 3 aromatic rings. The number of aliphatic imine (C=N–C) groups is 2. The second-order valence-corrected chi connectivity index (χ2v) is 11.8. The first kappa shape index (κ1) is 31.4. The zero-order valence-electron chi connectivity index (χ0n) is 25.6. The number of carbonyl (C=O) groups excluding carboxylic acids is 2. The first-order valence-electron chi connectivity index (χ1n) is 15.3. The lowest BCUT2D eigenvalue weighted by atomic mass is 10.0. The summed E-state index contributed by atoms with van der Waals surface area (Å²) >= 11 is 1.73. The van der Waals surface area contributed by atoms with E-state index in [0.29, 0.717) is 18.0 Å². The third kappa shape index (κ3) is 7.45. The van der Waals surface area contributed by atoms with Gasteiger partial charge in [0.15, 0.2) is 0 Å². The van der Waals surface area contributed by atoms with Gasteiger partial charge in [-0.15, -0.1) is 11.3 Å². The van der Waals surface area contributed by atoms with Crippen LogP contribution in [0.5, 0.6) is 0 Å². The van der Waals surface area contributed by atoms with E-state index < -0.39 is 6.04 Å². The Morgan fingerprint density at radius 2 is 1.88 bits per heavy atom. The van der Waals surface area contributed by atoms with E-state index in [-0.39, 0.29) is 17.9 Å². The summed E-state index contributed by atoms with van der Waals surface area (Å²) in [6, 6.07) is 9.70. The number of amides is 2. The molecule has 42 heavy (non-hydrogen) atoms. The van der Waals surface area contributed by atoms with Crippen molar-refractivity contribution < 1.29 is 9.59 Å². The van der Waals surface area contributed by atoms with Crippen LogP contribution in [0.2, 0.25) is 0 Å². The van der Waals surface area contributed by atoms with E-state index >= 15 is 0 Å². The van der Waals surface area contributed by atoms with Crippen molar-refractivity contribution in [2.24, 2.45) is 9.98 Å². The number of benzene rings is 1. The number of likely N-dealkylation sites (tertiary alicyclic amines) is 1. The quantitative estimate of drug-likeness (QED) is 0.224. The number of aromatic nitrogens is 2. The zero-order chi connectivity index (χ0) is 30.1. The Bertz CT molecular complexity index is 1380. The maximum Gasteiger partial charge on any atom is 0.252 e. The van der Waals surface area contributed by atoms with Gasteiger partial charge < -0.3 is 20.1 Å². The first-order valence-corrected chi connectivity index (χ1v) is 16.2. The van der Waals surface area contributed by atoms with Gasteiger partial charge in [-0.3, -0.25) is 14.6 Å². The van der Waals surface area contributed by atoms with E-state index in [1.165, 1.54) is 4.88 Å². The lowest BCUT2D eigenvalue weighted by Gasteiger charge is -2.33. The van der Waals surface area contributed by atoms with Crippen molar-refractivity contribution in [1.29, 1.82) is 0 Å². The Morgan fingerprint density at radius 3 is 2.50 bits per heavy atom. The number of imidazole rings is 1. The number of fused-ring (bicyclic) bond motifs is 1. The van der Waals surface area contributed by atoms with Gasteiger partial charge in [-0.2, -0.15) is 0 Å². The topological polar surface area (TPSA) is 104 Å². The fourth-order valence-electron chi connectivity index (χ4n) is 5.62. The highest BCUT2D eigenvalue weighted by molar-refractivity contribution is 7.09. The molecule has 1 atom stereocenters.